The SMILES string of the molecule is O=C(NCCc1ccccn1)C(=O)C(Cc1ccccc1)NC(=O)c1cccnc1N1CCN(CCc2ccc3ccccc3c2)CC1. The van der Waals surface area contributed by atoms with E-state index in [1.165, 1.54) is 16.3 Å². The molecule has 2 N–H and O–H groups in total. The summed E-state index contributed by atoms with van der Waals surface area (Å²) in [7, 11) is 0. The van der Waals surface area contributed by atoms with Crippen molar-refractivity contribution < 1.29 is 14.4 Å². The van der Waals surface area contributed by atoms with Crippen molar-refractivity contribution in [3.05, 3.63) is 138 Å². The molecular weight excluding hydrogens is 600 g/mol. The minimum atomic E-state index is -1.05. The molecule has 1 unspecified atom stereocenters. The lowest BCUT2D eigenvalue weighted by atomic mass is 10.0. The molecular formula is C39H40N6O3. The number of ketones is 1. The monoisotopic (exact) mass is 640 g/mol. The Labute approximate surface area is 281 Å². The number of aromatic nitrogens is 2. The molecule has 3 aromatic carbocycles. The van der Waals surface area contributed by atoms with Crippen molar-refractivity contribution in [2.75, 3.05) is 44.2 Å². The molecule has 1 saturated heterocycles. The number of rotatable bonds is 13. The van der Waals surface area contributed by atoms with E-state index in [0.29, 0.717) is 17.8 Å². The zero-order valence-electron chi connectivity index (χ0n) is 26.9. The van der Waals surface area contributed by atoms with Crippen LogP contribution in [0.1, 0.15) is 27.2 Å². The normalized spacial score (nSPS) is 14.0. The third-order valence-corrected chi connectivity index (χ3v) is 8.75. The van der Waals surface area contributed by atoms with Gasteiger partial charge < -0.3 is 15.5 Å². The molecule has 0 saturated carbocycles. The van der Waals surface area contributed by atoms with Gasteiger partial charge in [-0.25, -0.2) is 4.98 Å². The number of nitrogens with zero attached hydrogens (tertiary/aromatic N) is 4. The number of nitrogens with one attached hydrogen (secondary N) is 2. The van der Waals surface area contributed by atoms with Crippen LogP contribution in [0.2, 0.25) is 0 Å². The summed E-state index contributed by atoms with van der Waals surface area (Å²) in [6.07, 6.45) is 5.01. The molecule has 0 aliphatic carbocycles. The molecule has 9 nitrogen and oxygen atoms in total. The molecule has 3 heterocycles. The predicted molar refractivity (Wildman–Crippen MR) is 188 cm³/mol. The largest absolute Gasteiger partial charge is 0.353 e. The van der Waals surface area contributed by atoms with Crippen LogP contribution in [-0.4, -0.2) is 77.8 Å². The van der Waals surface area contributed by atoms with Gasteiger partial charge in [0.15, 0.2) is 0 Å². The first-order chi connectivity index (χ1) is 23.5. The fourth-order valence-corrected chi connectivity index (χ4v) is 6.08. The first kappa shape index (κ1) is 32.5. The maximum atomic E-state index is 13.8. The maximum Gasteiger partial charge on any atom is 0.289 e. The highest BCUT2D eigenvalue weighted by Crippen LogP contribution is 2.21. The van der Waals surface area contributed by atoms with Crippen molar-refractivity contribution in [2.24, 2.45) is 0 Å². The number of amides is 2. The zero-order valence-corrected chi connectivity index (χ0v) is 26.9. The highest BCUT2D eigenvalue weighted by atomic mass is 16.2. The molecule has 2 amide bonds. The van der Waals surface area contributed by atoms with Gasteiger partial charge in [0.05, 0.1) is 5.56 Å². The van der Waals surface area contributed by atoms with Gasteiger partial charge in [-0.15, -0.1) is 0 Å². The average molecular weight is 641 g/mol. The van der Waals surface area contributed by atoms with E-state index >= 15 is 0 Å². The number of carbonyl (C=O) groups excluding carboxylic acids is 3. The van der Waals surface area contributed by atoms with E-state index < -0.39 is 23.6 Å². The quantitative estimate of drug-likeness (QED) is 0.185. The second-order valence-corrected chi connectivity index (χ2v) is 12.0. The first-order valence-electron chi connectivity index (χ1n) is 16.5. The van der Waals surface area contributed by atoms with Crippen molar-refractivity contribution >= 4 is 34.2 Å². The molecule has 1 fully saturated rings. The summed E-state index contributed by atoms with van der Waals surface area (Å²) in [5.41, 5.74) is 3.35. The van der Waals surface area contributed by atoms with Crippen molar-refractivity contribution in [1.82, 2.24) is 25.5 Å². The summed E-state index contributed by atoms with van der Waals surface area (Å²) < 4.78 is 0. The molecule has 6 rings (SSSR count). The fourth-order valence-electron chi connectivity index (χ4n) is 6.08. The van der Waals surface area contributed by atoms with E-state index in [-0.39, 0.29) is 13.0 Å². The van der Waals surface area contributed by atoms with Gasteiger partial charge in [-0.3, -0.25) is 24.3 Å². The van der Waals surface area contributed by atoms with E-state index in [1.54, 1.807) is 24.5 Å². The van der Waals surface area contributed by atoms with Crippen molar-refractivity contribution in [3.63, 3.8) is 0 Å². The van der Waals surface area contributed by atoms with Crippen molar-refractivity contribution in [2.45, 2.75) is 25.3 Å². The lowest BCUT2D eigenvalue weighted by Crippen LogP contribution is -2.50. The number of hydrogen-bond donors (Lipinski definition) is 2. The number of fused-ring (bicyclic) bond motifs is 1. The predicted octanol–water partition coefficient (Wildman–Crippen LogP) is 4.26. The van der Waals surface area contributed by atoms with Crippen LogP contribution in [0.3, 0.4) is 0 Å². The van der Waals surface area contributed by atoms with E-state index in [1.807, 2.05) is 48.5 Å². The third kappa shape index (κ3) is 8.49. The number of pyridine rings is 2. The van der Waals surface area contributed by atoms with Gasteiger partial charge in [-0.1, -0.05) is 78.9 Å². The molecule has 244 valence electrons. The van der Waals surface area contributed by atoms with Gasteiger partial charge >= 0.3 is 0 Å². The molecule has 5 aromatic rings. The van der Waals surface area contributed by atoms with Crippen LogP contribution in [0.15, 0.2) is 116 Å². The van der Waals surface area contributed by atoms with Crippen LogP contribution in [0.25, 0.3) is 10.8 Å². The number of Topliss-reactive ketones (excluding diaryl/α,β-unsaturated/α-hetero) is 1. The van der Waals surface area contributed by atoms with Gasteiger partial charge in [0, 0.05) is 70.2 Å². The lowest BCUT2D eigenvalue weighted by Gasteiger charge is -2.36. The van der Waals surface area contributed by atoms with E-state index in [2.05, 4.69) is 72.9 Å². The Morgan fingerprint density at radius 1 is 0.708 bits per heavy atom. The highest BCUT2D eigenvalue weighted by molar-refractivity contribution is 6.38. The Balaban J connectivity index is 1.08. The Kier molecular flexibility index (Phi) is 10.8. The van der Waals surface area contributed by atoms with E-state index in [4.69, 9.17) is 0 Å². The van der Waals surface area contributed by atoms with Crippen LogP contribution in [0.5, 0.6) is 0 Å². The molecule has 0 radical (unpaired) electrons. The topological polar surface area (TPSA) is 108 Å². The summed E-state index contributed by atoms with van der Waals surface area (Å²) in [6, 6.07) is 32.4. The van der Waals surface area contributed by atoms with Crippen molar-refractivity contribution in [3.8, 4) is 0 Å². The minimum absolute atomic E-state index is 0.185. The average Bonchev–Trinajstić information content (AvgIpc) is 3.14. The molecule has 0 bridgehead atoms. The number of carbonyl (C=O) groups is 3. The summed E-state index contributed by atoms with van der Waals surface area (Å²) >= 11 is 0. The van der Waals surface area contributed by atoms with Crippen LogP contribution < -0.4 is 15.5 Å². The van der Waals surface area contributed by atoms with Crippen LogP contribution in [0, 0.1) is 0 Å². The number of benzene rings is 3. The molecule has 9 heteroatoms. The lowest BCUT2D eigenvalue weighted by molar-refractivity contribution is -0.138. The van der Waals surface area contributed by atoms with Gasteiger partial charge in [0.25, 0.3) is 11.8 Å². The number of hydrogen-bond acceptors (Lipinski definition) is 7. The molecule has 48 heavy (non-hydrogen) atoms. The van der Waals surface area contributed by atoms with Crippen LogP contribution in [0.4, 0.5) is 5.82 Å². The molecule has 1 aliphatic heterocycles. The van der Waals surface area contributed by atoms with Gasteiger partial charge in [-0.2, -0.15) is 0 Å². The molecule has 1 atom stereocenters. The maximum absolute atomic E-state index is 13.8. The second kappa shape index (κ2) is 15.9. The van der Waals surface area contributed by atoms with Gasteiger partial charge in [0.2, 0.25) is 5.78 Å². The Morgan fingerprint density at radius 2 is 1.46 bits per heavy atom. The molecule has 0 spiro atoms. The van der Waals surface area contributed by atoms with Crippen LogP contribution in [-0.2, 0) is 28.9 Å². The van der Waals surface area contributed by atoms with Gasteiger partial charge in [0.1, 0.15) is 11.9 Å². The summed E-state index contributed by atoms with van der Waals surface area (Å²) in [6.45, 7) is 4.35. The van der Waals surface area contributed by atoms with Gasteiger partial charge in [-0.05, 0) is 52.6 Å². The second-order valence-electron chi connectivity index (χ2n) is 12.0. The van der Waals surface area contributed by atoms with Crippen LogP contribution >= 0.6 is 0 Å². The fraction of sp³-hybridized carbons (Fsp3) is 0.256. The summed E-state index contributed by atoms with van der Waals surface area (Å²) in [4.78, 5) is 53.6. The minimum Gasteiger partial charge on any atom is -0.353 e. The van der Waals surface area contributed by atoms with Crippen molar-refractivity contribution in [1.29, 1.82) is 0 Å². The third-order valence-electron chi connectivity index (χ3n) is 8.75. The van der Waals surface area contributed by atoms with E-state index in [9.17, 15) is 14.4 Å². The first-order valence-corrected chi connectivity index (χ1v) is 16.5. The number of anilines is 1. The summed E-state index contributed by atoms with van der Waals surface area (Å²) in [5.74, 6) is -1.29. The molecule has 1 aliphatic rings. The zero-order chi connectivity index (χ0) is 33.1. The van der Waals surface area contributed by atoms with E-state index in [0.717, 1.165) is 50.4 Å². The Bertz CT molecular complexity index is 1840. The smallest absolute Gasteiger partial charge is 0.289 e. The highest BCUT2D eigenvalue weighted by Gasteiger charge is 2.29. The Morgan fingerprint density at radius 3 is 2.25 bits per heavy atom. The standard InChI is InChI=1S/C39H40N6O3/c46-36(39(48)42-21-17-33-13-6-7-19-40-33)35(28-29-9-2-1-3-10-29)43-38(47)34-14-8-20-41-37(34)45-25-23-44(24-26-45)22-18-30-15-16-31-11-4-5-12-32(31)27-30/h1-16,19-20,27,35H,17-18,21-26,28H2,(H,42,48)(H,43,47). The molecule has 2 aromatic heterocycles. The summed E-state index contributed by atoms with van der Waals surface area (Å²) in [5, 5.41) is 8.08. The Hall–Kier alpha value is -5.41. The number of piperazine rings is 1.